The minimum atomic E-state index is 0.595. The fourth-order valence-corrected chi connectivity index (χ4v) is 3.28. The van der Waals surface area contributed by atoms with E-state index in [1.54, 1.807) is 0 Å². The zero-order chi connectivity index (χ0) is 15.4. The molecule has 2 aromatic carbocycles. The molecule has 0 aromatic heterocycles. The van der Waals surface area contributed by atoms with Crippen LogP contribution in [0, 0.1) is 0 Å². The summed E-state index contributed by atoms with van der Waals surface area (Å²) in [4.78, 5) is 4.96. The predicted molar refractivity (Wildman–Crippen MR) is 94.6 cm³/mol. The number of likely N-dealkylation sites (tertiary alicyclic amines) is 1. The summed E-state index contributed by atoms with van der Waals surface area (Å²) in [7, 11) is 2.21. The zero-order valence-corrected chi connectivity index (χ0v) is 13.8. The van der Waals surface area contributed by atoms with Gasteiger partial charge in [0.05, 0.1) is 0 Å². The maximum Gasteiger partial charge on any atom is 0.0432 e. The lowest BCUT2D eigenvalue weighted by Crippen LogP contribution is -2.43. The molecule has 0 aliphatic carbocycles. The summed E-state index contributed by atoms with van der Waals surface area (Å²) in [5, 5.41) is 0.798. The van der Waals surface area contributed by atoms with Crippen LogP contribution in [0.3, 0.4) is 0 Å². The largest absolute Gasteiger partial charge is 0.364 e. The lowest BCUT2D eigenvalue weighted by atomic mass is 10.0. The molecule has 0 unspecified atom stereocenters. The first-order valence-electron chi connectivity index (χ1n) is 7.97. The number of halogens is 1. The molecular weight excluding hydrogens is 292 g/mol. The first-order chi connectivity index (χ1) is 10.7. The molecule has 1 saturated heterocycles. The zero-order valence-electron chi connectivity index (χ0n) is 13.1. The van der Waals surface area contributed by atoms with Gasteiger partial charge in [-0.15, -0.1) is 0 Å². The van der Waals surface area contributed by atoms with Gasteiger partial charge in [-0.3, -0.25) is 0 Å². The van der Waals surface area contributed by atoms with Gasteiger partial charge in [0, 0.05) is 23.3 Å². The Hall–Kier alpha value is -1.51. The Balaban J connectivity index is 1.83. The maximum atomic E-state index is 6.06. The minimum absolute atomic E-state index is 0.595. The van der Waals surface area contributed by atoms with Gasteiger partial charge in [0.1, 0.15) is 0 Å². The highest BCUT2D eigenvalue weighted by Crippen LogP contribution is 2.26. The summed E-state index contributed by atoms with van der Waals surface area (Å²) < 4.78 is 0. The summed E-state index contributed by atoms with van der Waals surface area (Å²) in [5.74, 6) is 0. The van der Waals surface area contributed by atoms with Gasteiger partial charge in [0.2, 0.25) is 0 Å². The molecule has 0 amide bonds. The molecule has 1 fully saturated rings. The Morgan fingerprint density at radius 2 is 1.64 bits per heavy atom. The third-order valence-electron chi connectivity index (χ3n) is 4.48. The summed E-state index contributed by atoms with van der Waals surface area (Å²) in [6.07, 6.45) is 2.43. The second kappa shape index (κ2) is 7.17. The molecule has 0 radical (unpaired) electrons. The molecule has 3 rings (SSSR count). The van der Waals surface area contributed by atoms with Crippen LogP contribution in [0.1, 0.15) is 18.4 Å². The standard InChI is InChI=1S/C19H23ClN2/c1-21-13-11-19(12-14-21)22(15-16-5-3-2-4-6-16)18-9-7-17(20)8-10-18/h2-10,19H,11-15H2,1H3. The summed E-state index contributed by atoms with van der Waals surface area (Å²) >= 11 is 6.06. The van der Waals surface area contributed by atoms with Gasteiger partial charge in [0.25, 0.3) is 0 Å². The van der Waals surface area contributed by atoms with Gasteiger partial charge in [-0.2, -0.15) is 0 Å². The molecule has 1 aliphatic rings. The molecule has 1 heterocycles. The van der Waals surface area contributed by atoms with Crippen LogP contribution < -0.4 is 4.90 Å². The monoisotopic (exact) mass is 314 g/mol. The van der Waals surface area contributed by atoms with Crippen molar-refractivity contribution < 1.29 is 0 Å². The smallest absolute Gasteiger partial charge is 0.0432 e. The Labute approximate surface area is 138 Å². The Kier molecular flexibility index (Phi) is 5.01. The number of anilines is 1. The van der Waals surface area contributed by atoms with Gasteiger partial charge in [-0.25, -0.2) is 0 Å². The van der Waals surface area contributed by atoms with Crippen LogP contribution in [-0.4, -0.2) is 31.1 Å². The van der Waals surface area contributed by atoms with Crippen LogP contribution in [0.2, 0.25) is 5.02 Å². The van der Waals surface area contributed by atoms with Crippen molar-refractivity contribution in [3.8, 4) is 0 Å². The second-order valence-corrected chi connectivity index (χ2v) is 6.56. The van der Waals surface area contributed by atoms with Gasteiger partial charge in [-0.1, -0.05) is 41.9 Å². The first-order valence-corrected chi connectivity index (χ1v) is 8.35. The third-order valence-corrected chi connectivity index (χ3v) is 4.73. The van der Waals surface area contributed by atoms with Crippen LogP contribution >= 0.6 is 11.6 Å². The Bertz CT molecular complexity index is 574. The number of nitrogens with zero attached hydrogens (tertiary/aromatic N) is 2. The van der Waals surface area contributed by atoms with Crippen molar-refractivity contribution in [2.45, 2.75) is 25.4 Å². The fourth-order valence-electron chi connectivity index (χ4n) is 3.15. The number of rotatable bonds is 4. The van der Waals surface area contributed by atoms with E-state index < -0.39 is 0 Å². The molecule has 0 N–H and O–H groups in total. The highest BCUT2D eigenvalue weighted by atomic mass is 35.5. The van der Waals surface area contributed by atoms with Crippen molar-refractivity contribution in [3.05, 3.63) is 65.2 Å². The van der Waals surface area contributed by atoms with E-state index in [0.29, 0.717) is 6.04 Å². The van der Waals surface area contributed by atoms with E-state index in [0.717, 1.165) is 11.6 Å². The lowest BCUT2D eigenvalue weighted by molar-refractivity contribution is 0.249. The van der Waals surface area contributed by atoms with Crippen molar-refractivity contribution in [3.63, 3.8) is 0 Å². The van der Waals surface area contributed by atoms with E-state index in [1.165, 1.54) is 37.2 Å². The van der Waals surface area contributed by atoms with Gasteiger partial charge >= 0.3 is 0 Å². The molecule has 0 saturated carbocycles. The highest BCUT2D eigenvalue weighted by Gasteiger charge is 2.23. The molecular formula is C19H23ClN2. The molecule has 2 aromatic rings. The average Bonchev–Trinajstić information content (AvgIpc) is 2.56. The summed E-state index contributed by atoms with van der Waals surface area (Å²) in [6, 6.07) is 19.6. The molecule has 3 heteroatoms. The molecule has 2 nitrogen and oxygen atoms in total. The quantitative estimate of drug-likeness (QED) is 0.823. The van der Waals surface area contributed by atoms with Crippen LogP contribution in [0.4, 0.5) is 5.69 Å². The average molecular weight is 315 g/mol. The third kappa shape index (κ3) is 3.82. The predicted octanol–water partition coefficient (Wildman–Crippen LogP) is 4.44. The van der Waals surface area contributed by atoms with Gasteiger partial charge in [-0.05, 0) is 62.8 Å². The summed E-state index contributed by atoms with van der Waals surface area (Å²) in [6.45, 7) is 3.30. The number of benzene rings is 2. The van der Waals surface area contributed by atoms with E-state index >= 15 is 0 Å². The van der Waals surface area contributed by atoms with Gasteiger partial charge in [0.15, 0.2) is 0 Å². The molecule has 0 spiro atoms. The Morgan fingerprint density at radius 1 is 1.00 bits per heavy atom. The van der Waals surface area contributed by atoms with Crippen molar-refractivity contribution in [2.75, 3.05) is 25.0 Å². The summed E-state index contributed by atoms with van der Waals surface area (Å²) in [5.41, 5.74) is 2.62. The Morgan fingerprint density at radius 3 is 2.27 bits per heavy atom. The van der Waals surface area contributed by atoms with Gasteiger partial charge < -0.3 is 9.80 Å². The fraction of sp³-hybridized carbons (Fsp3) is 0.368. The van der Waals surface area contributed by atoms with Crippen molar-refractivity contribution in [1.82, 2.24) is 4.90 Å². The van der Waals surface area contributed by atoms with Crippen LogP contribution in [0.15, 0.2) is 54.6 Å². The number of hydrogen-bond acceptors (Lipinski definition) is 2. The molecule has 0 atom stereocenters. The first kappa shape index (κ1) is 15.4. The van der Waals surface area contributed by atoms with E-state index in [-0.39, 0.29) is 0 Å². The number of piperidine rings is 1. The molecule has 1 aliphatic heterocycles. The second-order valence-electron chi connectivity index (χ2n) is 6.12. The van der Waals surface area contributed by atoms with E-state index in [2.05, 4.69) is 59.3 Å². The normalized spacial score (nSPS) is 16.6. The SMILES string of the molecule is CN1CCC(N(Cc2ccccc2)c2ccc(Cl)cc2)CC1. The number of hydrogen-bond donors (Lipinski definition) is 0. The van der Waals surface area contributed by atoms with Crippen LogP contribution in [-0.2, 0) is 6.54 Å². The van der Waals surface area contributed by atoms with Crippen molar-refractivity contribution in [1.29, 1.82) is 0 Å². The van der Waals surface area contributed by atoms with E-state index in [4.69, 9.17) is 11.6 Å². The minimum Gasteiger partial charge on any atom is -0.364 e. The van der Waals surface area contributed by atoms with Crippen LogP contribution in [0.5, 0.6) is 0 Å². The van der Waals surface area contributed by atoms with Crippen molar-refractivity contribution >= 4 is 17.3 Å². The van der Waals surface area contributed by atoms with E-state index in [1.807, 2.05) is 12.1 Å². The van der Waals surface area contributed by atoms with E-state index in [9.17, 15) is 0 Å². The molecule has 22 heavy (non-hydrogen) atoms. The lowest BCUT2D eigenvalue weighted by Gasteiger charge is -2.39. The molecule has 0 bridgehead atoms. The topological polar surface area (TPSA) is 6.48 Å². The highest BCUT2D eigenvalue weighted by molar-refractivity contribution is 6.30. The maximum absolute atomic E-state index is 6.06. The van der Waals surface area contributed by atoms with Crippen LogP contribution in [0.25, 0.3) is 0 Å². The molecule has 116 valence electrons. The van der Waals surface area contributed by atoms with Crippen molar-refractivity contribution in [2.24, 2.45) is 0 Å².